The normalized spacial score (nSPS) is 22.4. The highest BCUT2D eigenvalue weighted by Crippen LogP contribution is 2.34. The molecule has 1 aromatic carbocycles. The summed E-state index contributed by atoms with van der Waals surface area (Å²) in [5, 5.41) is 0. The van der Waals surface area contributed by atoms with Crippen LogP contribution in [0.1, 0.15) is 12.8 Å². The molecule has 0 saturated carbocycles. The summed E-state index contributed by atoms with van der Waals surface area (Å²) in [4.78, 5) is 40.0. The Balaban J connectivity index is 1.70. The van der Waals surface area contributed by atoms with Crippen molar-refractivity contribution in [3.8, 4) is 5.69 Å². The fourth-order valence-corrected chi connectivity index (χ4v) is 3.74. The number of anilines is 1. The summed E-state index contributed by atoms with van der Waals surface area (Å²) in [5.41, 5.74) is 6.75. The van der Waals surface area contributed by atoms with E-state index in [1.54, 1.807) is 47.5 Å². The number of rotatable bonds is 3. The Morgan fingerprint density at radius 3 is 2.46 bits per heavy atom. The van der Waals surface area contributed by atoms with Crippen LogP contribution < -0.4 is 16.2 Å². The number of benzene rings is 1. The third-order valence-corrected chi connectivity index (χ3v) is 4.94. The minimum atomic E-state index is -0.715. The van der Waals surface area contributed by atoms with Gasteiger partial charge in [-0.05, 0) is 49.6 Å². The fraction of sp³-hybridized carbons (Fsp3) is 0.263. The first kappa shape index (κ1) is 16.4. The van der Waals surface area contributed by atoms with Gasteiger partial charge < -0.3 is 10.6 Å². The summed E-state index contributed by atoms with van der Waals surface area (Å²) in [6, 6.07) is 10.7. The van der Waals surface area contributed by atoms with Crippen molar-refractivity contribution in [3.63, 3.8) is 0 Å². The summed E-state index contributed by atoms with van der Waals surface area (Å²) < 4.78 is 1.51. The van der Waals surface area contributed by atoms with Crippen LogP contribution in [0.4, 0.5) is 10.5 Å². The Bertz CT molecular complexity index is 906. The number of primary amides is 1. The molecule has 1 unspecified atom stereocenters. The molecule has 1 aromatic heterocycles. The number of hydrogen-bond donors (Lipinski definition) is 1. The number of nitrogens with two attached hydrogens (primary N) is 1. The molecule has 0 aliphatic carbocycles. The lowest BCUT2D eigenvalue weighted by Crippen LogP contribution is -2.48. The lowest BCUT2D eigenvalue weighted by molar-refractivity contribution is -0.119. The number of hydrogen-bond acceptors (Lipinski definition) is 3. The SMILES string of the molecule is NC(=O)C1[C@H]2[CH]CCCN2C(=O)N1c1ccc(-n2ccccc2=O)cc1. The molecule has 2 aliphatic rings. The van der Waals surface area contributed by atoms with Gasteiger partial charge in [0, 0.05) is 30.2 Å². The Labute approximate surface area is 150 Å². The molecular weight excluding hydrogens is 332 g/mol. The van der Waals surface area contributed by atoms with E-state index in [1.165, 1.54) is 15.5 Å². The van der Waals surface area contributed by atoms with E-state index in [9.17, 15) is 14.4 Å². The van der Waals surface area contributed by atoms with E-state index in [4.69, 9.17) is 5.73 Å². The number of carbonyl (C=O) groups excluding carboxylic acids is 2. The monoisotopic (exact) mass is 351 g/mol. The van der Waals surface area contributed by atoms with Crippen LogP contribution in [0.5, 0.6) is 0 Å². The average Bonchev–Trinajstić information content (AvgIpc) is 2.96. The molecule has 133 valence electrons. The molecule has 2 saturated heterocycles. The van der Waals surface area contributed by atoms with Crippen molar-refractivity contribution in [2.75, 3.05) is 11.4 Å². The number of pyridine rings is 1. The van der Waals surface area contributed by atoms with E-state index in [1.807, 2.05) is 6.42 Å². The van der Waals surface area contributed by atoms with Gasteiger partial charge in [0.2, 0.25) is 5.91 Å². The molecule has 3 heterocycles. The molecule has 1 radical (unpaired) electrons. The highest BCUT2D eigenvalue weighted by Gasteiger charge is 2.49. The predicted molar refractivity (Wildman–Crippen MR) is 96.9 cm³/mol. The van der Waals surface area contributed by atoms with Crippen LogP contribution in [-0.2, 0) is 4.79 Å². The first-order valence-electron chi connectivity index (χ1n) is 8.58. The molecule has 2 N–H and O–H groups in total. The van der Waals surface area contributed by atoms with Gasteiger partial charge in [-0.2, -0.15) is 0 Å². The number of urea groups is 1. The van der Waals surface area contributed by atoms with Gasteiger partial charge in [-0.15, -0.1) is 0 Å². The molecule has 4 rings (SSSR count). The Hall–Kier alpha value is -3.09. The molecule has 7 heteroatoms. The topological polar surface area (TPSA) is 88.6 Å². The highest BCUT2D eigenvalue weighted by atomic mass is 16.2. The van der Waals surface area contributed by atoms with Gasteiger partial charge in [0.05, 0.1) is 6.04 Å². The van der Waals surface area contributed by atoms with E-state index in [-0.39, 0.29) is 17.6 Å². The summed E-state index contributed by atoms with van der Waals surface area (Å²) in [5.74, 6) is -0.521. The average molecular weight is 351 g/mol. The maximum absolute atomic E-state index is 12.8. The van der Waals surface area contributed by atoms with Crippen LogP contribution in [0.25, 0.3) is 5.69 Å². The predicted octanol–water partition coefficient (Wildman–Crippen LogP) is 1.30. The van der Waals surface area contributed by atoms with Crippen molar-refractivity contribution in [3.05, 3.63) is 65.4 Å². The van der Waals surface area contributed by atoms with Crippen LogP contribution in [0.3, 0.4) is 0 Å². The van der Waals surface area contributed by atoms with E-state index in [0.717, 1.165) is 12.8 Å². The van der Waals surface area contributed by atoms with Crippen molar-refractivity contribution in [2.45, 2.75) is 24.9 Å². The van der Waals surface area contributed by atoms with Crippen molar-refractivity contribution in [1.82, 2.24) is 9.47 Å². The van der Waals surface area contributed by atoms with Crippen LogP contribution >= 0.6 is 0 Å². The third-order valence-electron chi connectivity index (χ3n) is 4.94. The molecule has 0 spiro atoms. The van der Waals surface area contributed by atoms with Gasteiger partial charge in [-0.3, -0.25) is 19.1 Å². The number of amides is 3. The fourth-order valence-electron chi connectivity index (χ4n) is 3.74. The van der Waals surface area contributed by atoms with Crippen molar-refractivity contribution in [1.29, 1.82) is 0 Å². The Morgan fingerprint density at radius 1 is 1.04 bits per heavy atom. The summed E-state index contributed by atoms with van der Waals surface area (Å²) >= 11 is 0. The number of nitrogens with zero attached hydrogens (tertiary/aromatic N) is 3. The summed E-state index contributed by atoms with van der Waals surface area (Å²) in [7, 11) is 0. The van der Waals surface area contributed by atoms with Gasteiger partial charge in [-0.25, -0.2) is 4.79 Å². The zero-order valence-corrected chi connectivity index (χ0v) is 14.1. The zero-order valence-electron chi connectivity index (χ0n) is 14.1. The minimum absolute atomic E-state index is 0.140. The smallest absolute Gasteiger partial charge is 0.325 e. The van der Waals surface area contributed by atoms with Crippen LogP contribution in [0, 0.1) is 6.42 Å². The standard InChI is InChI=1S/C19H19N4O3/c20-18(25)17-15-5-1-3-12-22(15)19(26)23(17)14-9-7-13(8-10-14)21-11-4-2-6-16(21)24/h2,4-11,15,17H,1,3,12H2,(H2,20,25)/t15-,17?/m1/s1. The number of piperidine rings is 1. The van der Waals surface area contributed by atoms with Crippen molar-refractivity contribution < 1.29 is 9.59 Å². The molecule has 2 aromatic rings. The van der Waals surface area contributed by atoms with E-state index in [2.05, 4.69) is 0 Å². The quantitative estimate of drug-likeness (QED) is 0.904. The van der Waals surface area contributed by atoms with Crippen LogP contribution in [0.15, 0.2) is 53.5 Å². The lowest BCUT2D eigenvalue weighted by atomic mass is 9.97. The first-order valence-corrected chi connectivity index (χ1v) is 8.58. The maximum atomic E-state index is 12.8. The van der Waals surface area contributed by atoms with Crippen molar-refractivity contribution in [2.24, 2.45) is 5.73 Å². The van der Waals surface area contributed by atoms with E-state index in [0.29, 0.717) is 17.9 Å². The van der Waals surface area contributed by atoms with Crippen LogP contribution in [0.2, 0.25) is 0 Å². The molecule has 26 heavy (non-hydrogen) atoms. The van der Waals surface area contributed by atoms with Gasteiger partial charge in [0.15, 0.2) is 0 Å². The minimum Gasteiger partial charge on any atom is -0.368 e. The Kier molecular flexibility index (Phi) is 3.99. The highest BCUT2D eigenvalue weighted by molar-refractivity contribution is 6.04. The van der Waals surface area contributed by atoms with Gasteiger partial charge in [0.1, 0.15) is 6.04 Å². The van der Waals surface area contributed by atoms with Crippen LogP contribution in [-0.4, -0.2) is 40.0 Å². The molecule has 2 fully saturated rings. The van der Waals surface area contributed by atoms with Gasteiger partial charge >= 0.3 is 6.03 Å². The number of fused-ring (bicyclic) bond motifs is 1. The number of carbonyl (C=O) groups is 2. The first-order chi connectivity index (χ1) is 12.6. The third kappa shape index (κ3) is 2.56. The van der Waals surface area contributed by atoms with E-state index < -0.39 is 11.9 Å². The number of aromatic nitrogens is 1. The molecule has 0 bridgehead atoms. The zero-order chi connectivity index (χ0) is 18.3. The summed E-state index contributed by atoms with van der Waals surface area (Å²) in [6.07, 6.45) is 5.42. The second kappa shape index (κ2) is 6.33. The molecule has 7 nitrogen and oxygen atoms in total. The Morgan fingerprint density at radius 2 is 1.77 bits per heavy atom. The molecule has 3 amide bonds. The largest absolute Gasteiger partial charge is 0.368 e. The maximum Gasteiger partial charge on any atom is 0.325 e. The summed E-state index contributed by atoms with van der Waals surface area (Å²) in [6.45, 7) is 0.623. The second-order valence-electron chi connectivity index (χ2n) is 6.49. The molecule has 2 aliphatic heterocycles. The lowest BCUT2D eigenvalue weighted by Gasteiger charge is -2.29. The van der Waals surface area contributed by atoms with Gasteiger partial charge in [-0.1, -0.05) is 6.07 Å². The van der Waals surface area contributed by atoms with Crippen molar-refractivity contribution >= 4 is 17.6 Å². The van der Waals surface area contributed by atoms with Gasteiger partial charge in [0.25, 0.3) is 5.56 Å². The molecule has 2 atom stereocenters. The second-order valence-corrected chi connectivity index (χ2v) is 6.49. The molecular formula is C19H19N4O3. The van der Waals surface area contributed by atoms with E-state index >= 15 is 0 Å².